The number of nitrogens with two attached hydrogens (primary N) is 2. The Morgan fingerprint density at radius 3 is 2.73 bits per heavy atom. The Bertz CT molecular complexity index is 982. The highest BCUT2D eigenvalue weighted by Crippen LogP contribution is 2.53. The van der Waals surface area contributed by atoms with Crippen LogP contribution >= 0.6 is 0 Å². The Morgan fingerprint density at radius 1 is 1.19 bits per heavy atom. The quantitative estimate of drug-likeness (QED) is 0.559. The molecule has 1 atom stereocenters. The normalized spacial score (nSPS) is 20.3. The van der Waals surface area contributed by atoms with Gasteiger partial charge in [-0.15, -0.1) is 0 Å². The summed E-state index contributed by atoms with van der Waals surface area (Å²) < 4.78 is 10.8. The minimum Gasteiger partial charge on any atom is -0.462 e. The second-order valence-electron chi connectivity index (χ2n) is 6.07. The van der Waals surface area contributed by atoms with Crippen molar-refractivity contribution in [3.05, 3.63) is 65.0 Å². The van der Waals surface area contributed by atoms with Gasteiger partial charge in [-0.05, 0) is 19.1 Å². The molecule has 0 aliphatic carbocycles. The topological polar surface area (TPSA) is 117 Å². The summed E-state index contributed by atoms with van der Waals surface area (Å²) in [6, 6.07) is 12.1. The zero-order valence-corrected chi connectivity index (χ0v) is 14.0. The molecule has 1 spiro atoms. The third kappa shape index (κ3) is 1.94. The Balaban J connectivity index is 2.09. The van der Waals surface area contributed by atoms with Gasteiger partial charge in [-0.25, -0.2) is 4.79 Å². The Kier molecular flexibility index (Phi) is 3.40. The average molecular weight is 351 g/mol. The van der Waals surface area contributed by atoms with Gasteiger partial charge in [-0.1, -0.05) is 24.3 Å². The van der Waals surface area contributed by atoms with E-state index >= 15 is 0 Å². The second-order valence-corrected chi connectivity index (χ2v) is 6.07. The number of anilines is 2. The summed E-state index contributed by atoms with van der Waals surface area (Å²) in [6.07, 6.45) is 0. The van der Waals surface area contributed by atoms with Crippen molar-refractivity contribution >= 4 is 23.3 Å². The fourth-order valence-electron chi connectivity index (χ4n) is 3.65. The van der Waals surface area contributed by atoms with Gasteiger partial charge in [0.2, 0.25) is 11.8 Å². The van der Waals surface area contributed by atoms with Crippen LogP contribution in [0, 0.1) is 0 Å². The zero-order valence-electron chi connectivity index (χ0n) is 14.0. The summed E-state index contributed by atoms with van der Waals surface area (Å²) in [5.74, 6) is -0.922. The van der Waals surface area contributed by atoms with Gasteiger partial charge < -0.3 is 26.3 Å². The molecular weight excluding hydrogens is 334 g/mol. The molecule has 0 aromatic heterocycles. The Morgan fingerprint density at radius 2 is 1.96 bits per heavy atom. The molecule has 0 fully saturated rings. The largest absolute Gasteiger partial charge is 0.462 e. The number of hydrogen-bond acceptors (Lipinski definition) is 6. The molecule has 4 rings (SSSR count). The molecule has 0 saturated heterocycles. The molecule has 0 saturated carbocycles. The number of amides is 1. The highest BCUT2D eigenvalue weighted by molar-refractivity contribution is 6.17. The number of ether oxygens (including phenoxy) is 2. The predicted octanol–water partition coefficient (Wildman–Crippen LogP) is 1.63. The molecule has 2 aromatic carbocycles. The van der Waals surface area contributed by atoms with Gasteiger partial charge in [0.15, 0.2) is 0 Å². The van der Waals surface area contributed by atoms with Crippen LogP contribution in [0.1, 0.15) is 18.1 Å². The number of esters is 1. The summed E-state index contributed by atoms with van der Waals surface area (Å²) in [7, 11) is 0. The first-order chi connectivity index (χ1) is 12.5. The van der Waals surface area contributed by atoms with E-state index < -0.39 is 11.4 Å². The van der Waals surface area contributed by atoms with E-state index in [4.69, 9.17) is 20.9 Å². The number of rotatable bonds is 2. The van der Waals surface area contributed by atoms with E-state index in [0.717, 1.165) is 0 Å². The molecule has 2 aliphatic heterocycles. The highest BCUT2D eigenvalue weighted by Gasteiger charge is 2.58. The minimum absolute atomic E-state index is 0.0286. The van der Waals surface area contributed by atoms with Crippen molar-refractivity contribution in [1.82, 2.24) is 0 Å². The van der Waals surface area contributed by atoms with Crippen LogP contribution in [-0.4, -0.2) is 18.5 Å². The lowest BCUT2D eigenvalue weighted by molar-refractivity contribution is -0.140. The molecule has 7 nitrogen and oxygen atoms in total. The van der Waals surface area contributed by atoms with E-state index in [1.54, 1.807) is 49.4 Å². The van der Waals surface area contributed by atoms with Crippen LogP contribution in [0.2, 0.25) is 0 Å². The van der Waals surface area contributed by atoms with Crippen molar-refractivity contribution in [2.45, 2.75) is 12.3 Å². The van der Waals surface area contributed by atoms with Crippen molar-refractivity contribution in [2.75, 3.05) is 17.7 Å². The van der Waals surface area contributed by atoms with Crippen LogP contribution in [0.3, 0.4) is 0 Å². The van der Waals surface area contributed by atoms with E-state index in [1.165, 1.54) is 0 Å². The van der Waals surface area contributed by atoms with E-state index in [-0.39, 0.29) is 24.0 Å². The van der Waals surface area contributed by atoms with Gasteiger partial charge in [-0.3, -0.25) is 4.79 Å². The highest BCUT2D eigenvalue weighted by atomic mass is 16.5. The summed E-state index contributed by atoms with van der Waals surface area (Å²) in [4.78, 5) is 26.0. The van der Waals surface area contributed by atoms with Crippen molar-refractivity contribution in [2.24, 2.45) is 5.73 Å². The SMILES string of the molecule is CCOC(=O)C1=C(N)Oc2cc(N)ccc2C12C(=O)Nc1ccccc12. The summed E-state index contributed by atoms with van der Waals surface area (Å²) in [5, 5.41) is 2.84. The van der Waals surface area contributed by atoms with E-state index in [2.05, 4.69) is 5.32 Å². The van der Waals surface area contributed by atoms with Crippen LogP contribution < -0.4 is 21.5 Å². The predicted molar refractivity (Wildman–Crippen MR) is 95.2 cm³/mol. The molecule has 132 valence electrons. The van der Waals surface area contributed by atoms with Crippen molar-refractivity contribution < 1.29 is 19.1 Å². The van der Waals surface area contributed by atoms with E-state index in [1.807, 2.05) is 0 Å². The average Bonchev–Trinajstić information content (AvgIpc) is 2.88. The molecule has 2 heterocycles. The molecule has 26 heavy (non-hydrogen) atoms. The van der Waals surface area contributed by atoms with Crippen molar-refractivity contribution in [1.29, 1.82) is 0 Å². The molecule has 1 amide bonds. The maximum Gasteiger partial charge on any atom is 0.341 e. The fourth-order valence-corrected chi connectivity index (χ4v) is 3.65. The maximum absolute atomic E-state index is 13.2. The Hall–Kier alpha value is -3.48. The first-order valence-corrected chi connectivity index (χ1v) is 8.16. The van der Waals surface area contributed by atoms with Gasteiger partial charge in [-0.2, -0.15) is 0 Å². The lowest BCUT2D eigenvalue weighted by Gasteiger charge is -2.35. The number of carbonyl (C=O) groups excluding carboxylic acids is 2. The molecule has 7 heteroatoms. The first-order valence-electron chi connectivity index (χ1n) is 8.16. The third-order valence-electron chi connectivity index (χ3n) is 4.65. The standard InChI is InChI=1S/C19H17N3O4/c1-2-25-17(23)15-16(21)26-14-9-10(20)7-8-12(14)19(15)11-5-3-4-6-13(11)22-18(19)24/h3-9H,2,20-21H2,1H3,(H,22,24). The van der Waals surface area contributed by atoms with Crippen LogP contribution in [0.4, 0.5) is 11.4 Å². The number of nitrogen functional groups attached to an aromatic ring is 1. The van der Waals surface area contributed by atoms with Crippen molar-refractivity contribution in [3.8, 4) is 5.75 Å². The number of carbonyl (C=O) groups is 2. The van der Waals surface area contributed by atoms with E-state index in [9.17, 15) is 9.59 Å². The monoisotopic (exact) mass is 351 g/mol. The Labute approximate surface area is 149 Å². The number of hydrogen-bond donors (Lipinski definition) is 3. The van der Waals surface area contributed by atoms with Crippen LogP contribution in [0.5, 0.6) is 5.75 Å². The second kappa shape index (κ2) is 5.52. The van der Waals surface area contributed by atoms with Gasteiger partial charge in [0.1, 0.15) is 16.7 Å². The molecule has 2 aromatic rings. The molecule has 5 N–H and O–H groups in total. The molecule has 1 unspecified atom stereocenters. The fraction of sp³-hybridized carbons (Fsp3) is 0.158. The van der Waals surface area contributed by atoms with Crippen LogP contribution in [0.25, 0.3) is 0 Å². The molecule has 0 radical (unpaired) electrons. The number of fused-ring (bicyclic) bond motifs is 4. The minimum atomic E-state index is -1.45. The molecule has 0 bridgehead atoms. The van der Waals surface area contributed by atoms with E-state index in [0.29, 0.717) is 28.3 Å². The van der Waals surface area contributed by atoms with Crippen LogP contribution in [-0.2, 0) is 19.7 Å². The third-order valence-corrected chi connectivity index (χ3v) is 4.65. The summed E-state index contributed by atoms with van der Waals surface area (Å²) in [6.45, 7) is 1.83. The maximum atomic E-state index is 13.2. The first kappa shape index (κ1) is 16.0. The molecule has 2 aliphatic rings. The van der Waals surface area contributed by atoms with Gasteiger partial charge >= 0.3 is 5.97 Å². The van der Waals surface area contributed by atoms with Crippen LogP contribution in [0.15, 0.2) is 53.9 Å². The number of nitrogens with one attached hydrogen (secondary N) is 1. The number of benzene rings is 2. The zero-order chi connectivity index (χ0) is 18.5. The lowest BCUT2D eigenvalue weighted by atomic mass is 9.68. The van der Waals surface area contributed by atoms with Gasteiger partial charge in [0.05, 0.1) is 6.61 Å². The van der Waals surface area contributed by atoms with Gasteiger partial charge in [0, 0.05) is 28.6 Å². The van der Waals surface area contributed by atoms with Crippen molar-refractivity contribution in [3.63, 3.8) is 0 Å². The number of para-hydroxylation sites is 1. The summed E-state index contributed by atoms with van der Waals surface area (Å²) in [5.41, 5.74) is 12.6. The van der Waals surface area contributed by atoms with Gasteiger partial charge in [0.25, 0.3) is 0 Å². The lowest BCUT2D eigenvalue weighted by Crippen LogP contribution is -2.45. The summed E-state index contributed by atoms with van der Waals surface area (Å²) >= 11 is 0. The smallest absolute Gasteiger partial charge is 0.341 e. The molecular formula is C19H17N3O4.